The molecule has 0 unspecified atom stereocenters. The summed E-state index contributed by atoms with van der Waals surface area (Å²) in [5, 5.41) is 0. The number of para-hydroxylation sites is 1. The molecule has 0 aliphatic carbocycles. The van der Waals surface area contributed by atoms with Crippen molar-refractivity contribution < 1.29 is 4.74 Å². The fourth-order valence-corrected chi connectivity index (χ4v) is 3.44. The maximum atomic E-state index is 5.94. The lowest BCUT2D eigenvalue weighted by Crippen LogP contribution is -2.60. The minimum atomic E-state index is 0.319. The summed E-state index contributed by atoms with van der Waals surface area (Å²) < 4.78 is 8.04. The molecule has 0 saturated carbocycles. The van der Waals surface area contributed by atoms with E-state index in [-0.39, 0.29) is 0 Å². The molecular weight excluding hydrogens is 250 g/mol. The van der Waals surface area contributed by atoms with Gasteiger partial charge in [-0.2, -0.15) is 0 Å². The van der Waals surface area contributed by atoms with Gasteiger partial charge in [-0.05, 0) is 18.1 Å². The van der Waals surface area contributed by atoms with E-state index in [0.29, 0.717) is 5.41 Å². The van der Waals surface area contributed by atoms with Crippen molar-refractivity contribution in [3.05, 3.63) is 48.0 Å². The Bertz CT molecular complexity index is 628. The van der Waals surface area contributed by atoms with Gasteiger partial charge in [0.2, 0.25) is 0 Å². The molecule has 0 radical (unpaired) electrons. The van der Waals surface area contributed by atoms with Gasteiger partial charge in [0.1, 0.15) is 11.6 Å². The average molecular weight is 269 g/mol. The Morgan fingerprint density at radius 1 is 1.30 bits per heavy atom. The Balaban J connectivity index is 1.43. The predicted octanol–water partition coefficient (Wildman–Crippen LogP) is 1.86. The molecule has 1 spiro atoms. The van der Waals surface area contributed by atoms with Crippen LogP contribution in [0.15, 0.2) is 36.7 Å². The molecule has 104 valence electrons. The third kappa shape index (κ3) is 1.91. The van der Waals surface area contributed by atoms with Crippen LogP contribution in [0.5, 0.6) is 5.75 Å². The normalized spacial score (nSPS) is 20.2. The van der Waals surface area contributed by atoms with Crippen molar-refractivity contribution in [2.45, 2.75) is 13.0 Å². The van der Waals surface area contributed by atoms with Crippen molar-refractivity contribution in [2.24, 2.45) is 12.5 Å². The third-order valence-corrected chi connectivity index (χ3v) is 4.48. The zero-order chi connectivity index (χ0) is 13.6. The van der Waals surface area contributed by atoms with Crippen LogP contribution in [0.25, 0.3) is 0 Å². The molecular formula is C16H19N3O. The number of rotatable bonds is 2. The van der Waals surface area contributed by atoms with Crippen LogP contribution in [-0.4, -0.2) is 34.1 Å². The van der Waals surface area contributed by atoms with Crippen LogP contribution < -0.4 is 4.74 Å². The fourth-order valence-electron chi connectivity index (χ4n) is 3.44. The van der Waals surface area contributed by atoms with Crippen molar-refractivity contribution in [3.8, 4) is 5.75 Å². The van der Waals surface area contributed by atoms with Crippen LogP contribution in [0.1, 0.15) is 11.4 Å². The van der Waals surface area contributed by atoms with Gasteiger partial charge in [0, 0.05) is 37.9 Å². The number of nitrogens with zero attached hydrogens (tertiary/aromatic N) is 3. The molecule has 3 heterocycles. The van der Waals surface area contributed by atoms with Gasteiger partial charge >= 0.3 is 0 Å². The standard InChI is InChI=1S/C16H19N3O/c1-18-7-6-17-15(18)9-19-10-16(11-19)8-13-4-2-3-5-14(13)20-12-16/h2-7H,8-12H2,1H3. The maximum Gasteiger partial charge on any atom is 0.122 e. The van der Waals surface area contributed by atoms with E-state index in [1.807, 2.05) is 18.5 Å². The molecule has 1 aromatic carbocycles. The Morgan fingerprint density at radius 3 is 2.95 bits per heavy atom. The molecule has 0 bridgehead atoms. The molecule has 0 amide bonds. The maximum absolute atomic E-state index is 5.94. The highest BCUT2D eigenvalue weighted by Crippen LogP contribution is 2.41. The molecule has 20 heavy (non-hydrogen) atoms. The van der Waals surface area contributed by atoms with Gasteiger partial charge in [-0.1, -0.05) is 18.2 Å². The number of hydrogen-bond donors (Lipinski definition) is 0. The van der Waals surface area contributed by atoms with E-state index in [1.54, 1.807) is 0 Å². The summed E-state index contributed by atoms with van der Waals surface area (Å²) in [6.07, 6.45) is 5.01. The Morgan fingerprint density at radius 2 is 2.15 bits per heavy atom. The van der Waals surface area contributed by atoms with E-state index in [0.717, 1.165) is 44.2 Å². The monoisotopic (exact) mass is 269 g/mol. The van der Waals surface area contributed by atoms with Crippen LogP contribution in [-0.2, 0) is 20.0 Å². The molecule has 1 saturated heterocycles. The first kappa shape index (κ1) is 12.0. The number of hydrogen-bond acceptors (Lipinski definition) is 3. The van der Waals surface area contributed by atoms with E-state index in [4.69, 9.17) is 4.74 Å². The second-order valence-corrected chi connectivity index (χ2v) is 6.17. The zero-order valence-corrected chi connectivity index (χ0v) is 11.7. The highest BCUT2D eigenvalue weighted by atomic mass is 16.5. The topological polar surface area (TPSA) is 30.3 Å². The van der Waals surface area contributed by atoms with E-state index >= 15 is 0 Å². The van der Waals surface area contributed by atoms with Gasteiger partial charge in [0.25, 0.3) is 0 Å². The average Bonchev–Trinajstić information content (AvgIpc) is 2.82. The van der Waals surface area contributed by atoms with Gasteiger partial charge in [0.15, 0.2) is 0 Å². The largest absolute Gasteiger partial charge is 0.493 e. The highest BCUT2D eigenvalue weighted by molar-refractivity contribution is 5.36. The van der Waals surface area contributed by atoms with Crippen molar-refractivity contribution in [2.75, 3.05) is 19.7 Å². The van der Waals surface area contributed by atoms with Gasteiger partial charge < -0.3 is 9.30 Å². The summed E-state index contributed by atoms with van der Waals surface area (Å²) in [5.41, 5.74) is 1.68. The Hall–Kier alpha value is -1.81. The molecule has 2 aromatic rings. The van der Waals surface area contributed by atoms with Crippen molar-refractivity contribution in [3.63, 3.8) is 0 Å². The predicted molar refractivity (Wildman–Crippen MR) is 76.6 cm³/mol. The minimum Gasteiger partial charge on any atom is -0.493 e. The fraction of sp³-hybridized carbons (Fsp3) is 0.438. The summed E-state index contributed by atoms with van der Waals surface area (Å²) in [5.74, 6) is 2.21. The van der Waals surface area contributed by atoms with Gasteiger partial charge in [-0.25, -0.2) is 4.98 Å². The summed E-state index contributed by atoms with van der Waals surface area (Å²) in [6.45, 7) is 4.00. The summed E-state index contributed by atoms with van der Waals surface area (Å²) in [6, 6.07) is 8.42. The number of aromatic nitrogens is 2. The molecule has 4 nitrogen and oxygen atoms in total. The number of likely N-dealkylation sites (tertiary alicyclic amines) is 1. The molecule has 2 aliphatic rings. The van der Waals surface area contributed by atoms with Gasteiger partial charge in [0.05, 0.1) is 13.2 Å². The SMILES string of the molecule is Cn1ccnc1CN1CC2(COc3ccccc3C2)C1. The second kappa shape index (κ2) is 4.35. The number of aryl methyl sites for hydroxylation is 1. The molecule has 0 N–H and O–H groups in total. The van der Waals surface area contributed by atoms with Gasteiger partial charge in [-0.15, -0.1) is 0 Å². The van der Waals surface area contributed by atoms with Gasteiger partial charge in [-0.3, -0.25) is 4.90 Å². The van der Waals surface area contributed by atoms with E-state index in [2.05, 4.69) is 39.7 Å². The zero-order valence-electron chi connectivity index (χ0n) is 11.7. The molecule has 2 aliphatic heterocycles. The molecule has 1 fully saturated rings. The first-order valence-corrected chi connectivity index (χ1v) is 7.13. The lowest BCUT2D eigenvalue weighted by atomic mass is 9.74. The first-order chi connectivity index (χ1) is 9.74. The number of benzene rings is 1. The summed E-state index contributed by atoms with van der Waals surface area (Å²) >= 11 is 0. The molecule has 4 heteroatoms. The molecule has 1 aromatic heterocycles. The minimum absolute atomic E-state index is 0.319. The van der Waals surface area contributed by atoms with E-state index in [1.165, 1.54) is 5.56 Å². The Labute approximate surface area is 119 Å². The van der Waals surface area contributed by atoms with E-state index < -0.39 is 0 Å². The first-order valence-electron chi connectivity index (χ1n) is 7.13. The van der Waals surface area contributed by atoms with Crippen LogP contribution >= 0.6 is 0 Å². The molecule has 4 rings (SSSR count). The van der Waals surface area contributed by atoms with Crippen molar-refractivity contribution in [1.29, 1.82) is 0 Å². The number of imidazole rings is 1. The number of ether oxygens (including phenoxy) is 1. The Kier molecular flexibility index (Phi) is 2.60. The van der Waals surface area contributed by atoms with Crippen LogP contribution in [0.2, 0.25) is 0 Å². The summed E-state index contributed by atoms with van der Waals surface area (Å²) in [7, 11) is 2.05. The van der Waals surface area contributed by atoms with Crippen molar-refractivity contribution in [1.82, 2.24) is 14.5 Å². The quantitative estimate of drug-likeness (QED) is 0.833. The smallest absolute Gasteiger partial charge is 0.122 e. The van der Waals surface area contributed by atoms with Crippen LogP contribution in [0, 0.1) is 5.41 Å². The number of fused-ring (bicyclic) bond motifs is 1. The second-order valence-electron chi connectivity index (χ2n) is 6.17. The lowest BCUT2D eigenvalue weighted by Gasteiger charge is -2.51. The summed E-state index contributed by atoms with van der Waals surface area (Å²) in [4.78, 5) is 6.86. The highest BCUT2D eigenvalue weighted by Gasteiger charge is 2.46. The van der Waals surface area contributed by atoms with E-state index in [9.17, 15) is 0 Å². The van der Waals surface area contributed by atoms with Crippen LogP contribution in [0.3, 0.4) is 0 Å². The lowest BCUT2D eigenvalue weighted by molar-refractivity contribution is -0.0493. The third-order valence-electron chi connectivity index (χ3n) is 4.48. The van der Waals surface area contributed by atoms with Crippen LogP contribution in [0.4, 0.5) is 0 Å². The van der Waals surface area contributed by atoms with Crippen molar-refractivity contribution >= 4 is 0 Å². The molecule has 0 atom stereocenters.